The molecule has 0 saturated heterocycles. The summed E-state index contributed by atoms with van der Waals surface area (Å²) in [5.74, 6) is 0.720. The number of amides is 1. The minimum Gasteiger partial charge on any atom is -0.494 e. The predicted octanol–water partition coefficient (Wildman–Crippen LogP) is 4.37. The molecule has 0 heterocycles. The zero-order chi connectivity index (χ0) is 20.2. The number of aliphatic hydroxyl groups excluding tert-OH is 1. The number of ether oxygens (including phenoxy) is 1. The van der Waals surface area contributed by atoms with Crippen molar-refractivity contribution in [3.63, 3.8) is 0 Å². The van der Waals surface area contributed by atoms with E-state index in [-0.39, 0.29) is 18.6 Å². The van der Waals surface area contributed by atoms with Gasteiger partial charge in [-0.15, -0.1) is 0 Å². The van der Waals surface area contributed by atoms with Crippen molar-refractivity contribution in [1.82, 2.24) is 5.32 Å². The second-order valence-corrected chi connectivity index (χ2v) is 7.04. The van der Waals surface area contributed by atoms with Crippen LogP contribution in [-0.4, -0.2) is 30.3 Å². The van der Waals surface area contributed by atoms with Gasteiger partial charge in [-0.1, -0.05) is 38.3 Å². The Labute approximate surface area is 168 Å². The second-order valence-electron chi connectivity index (χ2n) is 7.04. The fraction of sp³-hybridized carbons (Fsp3) is 0.435. The molecule has 0 radical (unpaired) electrons. The summed E-state index contributed by atoms with van der Waals surface area (Å²) in [6.45, 7) is 5.33. The number of carbonyl (C=O) groups is 1. The van der Waals surface area contributed by atoms with E-state index < -0.39 is 0 Å². The van der Waals surface area contributed by atoms with E-state index in [2.05, 4.69) is 29.7 Å². The Balaban J connectivity index is 1.81. The van der Waals surface area contributed by atoms with Crippen molar-refractivity contribution in [2.45, 2.75) is 52.1 Å². The van der Waals surface area contributed by atoms with Crippen molar-refractivity contribution in [1.29, 1.82) is 0 Å². The Morgan fingerprint density at radius 3 is 2.61 bits per heavy atom. The Morgan fingerprint density at radius 1 is 1.11 bits per heavy atom. The van der Waals surface area contributed by atoms with Gasteiger partial charge in [0.1, 0.15) is 5.75 Å². The molecular formula is C23H32N2O3. The van der Waals surface area contributed by atoms with E-state index in [0.29, 0.717) is 12.1 Å². The molecule has 28 heavy (non-hydrogen) atoms. The quantitative estimate of drug-likeness (QED) is 0.475. The van der Waals surface area contributed by atoms with Crippen LogP contribution in [0.1, 0.15) is 55.5 Å². The Morgan fingerprint density at radius 2 is 1.89 bits per heavy atom. The van der Waals surface area contributed by atoms with E-state index in [9.17, 15) is 4.79 Å². The largest absolute Gasteiger partial charge is 0.494 e. The van der Waals surface area contributed by atoms with E-state index in [1.165, 1.54) is 19.3 Å². The number of unbranched alkanes of at least 4 members (excludes halogenated alkanes) is 3. The summed E-state index contributed by atoms with van der Waals surface area (Å²) in [4.78, 5) is 12.0. The van der Waals surface area contributed by atoms with Crippen LogP contribution in [0.3, 0.4) is 0 Å². The summed E-state index contributed by atoms with van der Waals surface area (Å²) in [5.41, 5.74) is 2.66. The zero-order valence-electron chi connectivity index (χ0n) is 16.9. The molecule has 2 aromatic rings. The van der Waals surface area contributed by atoms with E-state index in [4.69, 9.17) is 9.84 Å². The smallest absolute Gasteiger partial charge is 0.251 e. The highest BCUT2D eigenvalue weighted by molar-refractivity contribution is 5.94. The molecule has 0 fully saturated rings. The molecule has 0 saturated carbocycles. The standard InChI is InChI=1S/C23H32N2O3/c1-3-4-5-6-14-28-22-9-7-8-19(15-22)16-24-21-12-10-20(11-13-21)23(27)25-18(2)17-26/h7-13,15,18,24,26H,3-6,14,16-17H2,1-2H3,(H,25,27)/t18-/m1/s1. The molecule has 5 heteroatoms. The average molecular weight is 385 g/mol. The van der Waals surface area contributed by atoms with Crippen LogP contribution < -0.4 is 15.4 Å². The van der Waals surface area contributed by atoms with Crippen LogP contribution in [-0.2, 0) is 6.54 Å². The van der Waals surface area contributed by atoms with Gasteiger partial charge in [-0.3, -0.25) is 4.79 Å². The molecular weight excluding hydrogens is 352 g/mol. The highest BCUT2D eigenvalue weighted by Gasteiger charge is 2.08. The maximum absolute atomic E-state index is 12.0. The van der Waals surface area contributed by atoms with Crippen molar-refractivity contribution in [3.05, 3.63) is 59.7 Å². The van der Waals surface area contributed by atoms with Gasteiger partial charge in [0.05, 0.1) is 13.2 Å². The van der Waals surface area contributed by atoms with Crippen LogP contribution in [0.5, 0.6) is 5.75 Å². The fourth-order valence-electron chi connectivity index (χ4n) is 2.76. The highest BCUT2D eigenvalue weighted by atomic mass is 16.5. The molecule has 0 aliphatic heterocycles. The maximum Gasteiger partial charge on any atom is 0.251 e. The van der Waals surface area contributed by atoms with E-state index in [1.54, 1.807) is 19.1 Å². The number of rotatable bonds is 12. The molecule has 2 aromatic carbocycles. The van der Waals surface area contributed by atoms with Crippen molar-refractivity contribution >= 4 is 11.6 Å². The van der Waals surface area contributed by atoms with Gasteiger partial charge in [0.25, 0.3) is 5.91 Å². The van der Waals surface area contributed by atoms with Crippen molar-refractivity contribution in [2.24, 2.45) is 0 Å². The van der Waals surface area contributed by atoms with Crippen LogP contribution in [0.25, 0.3) is 0 Å². The first-order valence-electron chi connectivity index (χ1n) is 10.1. The molecule has 0 spiro atoms. The topological polar surface area (TPSA) is 70.6 Å². The lowest BCUT2D eigenvalue weighted by molar-refractivity contribution is 0.0922. The molecule has 152 valence electrons. The van der Waals surface area contributed by atoms with E-state index >= 15 is 0 Å². The third-order valence-corrected chi connectivity index (χ3v) is 4.46. The van der Waals surface area contributed by atoms with Crippen molar-refractivity contribution in [3.8, 4) is 5.75 Å². The van der Waals surface area contributed by atoms with Gasteiger partial charge < -0.3 is 20.5 Å². The molecule has 0 aliphatic carbocycles. The SMILES string of the molecule is CCCCCCOc1cccc(CNc2ccc(C(=O)N[C@H](C)CO)cc2)c1. The number of hydrogen-bond acceptors (Lipinski definition) is 4. The lowest BCUT2D eigenvalue weighted by atomic mass is 10.1. The molecule has 0 bridgehead atoms. The van der Waals surface area contributed by atoms with Gasteiger partial charge in [0.15, 0.2) is 0 Å². The average Bonchev–Trinajstić information content (AvgIpc) is 2.72. The van der Waals surface area contributed by atoms with Crippen molar-refractivity contribution in [2.75, 3.05) is 18.5 Å². The molecule has 0 aromatic heterocycles. The minimum absolute atomic E-state index is 0.0765. The normalized spacial score (nSPS) is 11.7. The third kappa shape index (κ3) is 7.61. The number of aliphatic hydroxyl groups is 1. The summed E-state index contributed by atoms with van der Waals surface area (Å²) in [6.07, 6.45) is 4.79. The van der Waals surface area contributed by atoms with Gasteiger partial charge in [0, 0.05) is 23.8 Å². The summed E-state index contributed by atoms with van der Waals surface area (Å²) < 4.78 is 5.84. The van der Waals surface area contributed by atoms with E-state index in [0.717, 1.165) is 30.0 Å². The van der Waals surface area contributed by atoms with Crippen LogP contribution >= 0.6 is 0 Å². The summed E-state index contributed by atoms with van der Waals surface area (Å²) in [5, 5.41) is 15.1. The van der Waals surface area contributed by atoms with Gasteiger partial charge >= 0.3 is 0 Å². The molecule has 0 aliphatic rings. The number of benzene rings is 2. The van der Waals surface area contributed by atoms with Crippen molar-refractivity contribution < 1.29 is 14.6 Å². The lowest BCUT2D eigenvalue weighted by Crippen LogP contribution is -2.34. The monoisotopic (exact) mass is 384 g/mol. The molecule has 3 N–H and O–H groups in total. The minimum atomic E-state index is -0.258. The summed E-state index contributed by atoms with van der Waals surface area (Å²) >= 11 is 0. The molecule has 2 rings (SSSR count). The highest BCUT2D eigenvalue weighted by Crippen LogP contribution is 2.16. The fourth-order valence-corrected chi connectivity index (χ4v) is 2.76. The van der Waals surface area contributed by atoms with Gasteiger partial charge in [-0.25, -0.2) is 0 Å². The van der Waals surface area contributed by atoms with Crippen LogP contribution in [0.4, 0.5) is 5.69 Å². The zero-order valence-corrected chi connectivity index (χ0v) is 16.9. The first-order valence-corrected chi connectivity index (χ1v) is 10.1. The first-order chi connectivity index (χ1) is 13.6. The molecule has 0 unspecified atom stereocenters. The van der Waals surface area contributed by atoms with Crippen LogP contribution in [0.2, 0.25) is 0 Å². The Hall–Kier alpha value is -2.53. The number of nitrogens with one attached hydrogen (secondary N) is 2. The summed E-state index contributed by atoms with van der Waals surface area (Å²) in [7, 11) is 0. The first kappa shape index (κ1) is 21.8. The van der Waals surface area contributed by atoms with Gasteiger partial charge in [-0.05, 0) is 55.3 Å². The van der Waals surface area contributed by atoms with E-state index in [1.807, 2.05) is 24.3 Å². The number of anilines is 1. The Bertz CT molecular complexity index is 716. The summed E-state index contributed by atoms with van der Waals surface area (Å²) in [6, 6.07) is 15.2. The Kier molecular flexibility index (Phi) is 9.35. The molecule has 1 atom stereocenters. The van der Waals surface area contributed by atoms with Crippen LogP contribution in [0, 0.1) is 0 Å². The number of hydrogen-bond donors (Lipinski definition) is 3. The van der Waals surface area contributed by atoms with Crippen LogP contribution in [0.15, 0.2) is 48.5 Å². The number of carbonyl (C=O) groups excluding carboxylic acids is 1. The van der Waals surface area contributed by atoms with Gasteiger partial charge in [-0.2, -0.15) is 0 Å². The third-order valence-electron chi connectivity index (χ3n) is 4.46. The molecule has 1 amide bonds. The second kappa shape index (κ2) is 12.0. The molecule has 5 nitrogen and oxygen atoms in total. The lowest BCUT2D eigenvalue weighted by Gasteiger charge is -2.12. The van der Waals surface area contributed by atoms with Gasteiger partial charge in [0.2, 0.25) is 0 Å². The predicted molar refractivity (Wildman–Crippen MR) is 114 cm³/mol. The maximum atomic E-state index is 12.0.